The van der Waals surface area contributed by atoms with Gasteiger partial charge in [0.1, 0.15) is 0 Å². The van der Waals surface area contributed by atoms with E-state index < -0.39 is 0 Å². The Labute approximate surface area is 122 Å². The Morgan fingerprint density at radius 3 is 2.42 bits per heavy atom. The van der Waals surface area contributed by atoms with E-state index >= 15 is 0 Å². The van der Waals surface area contributed by atoms with Crippen molar-refractivity contribution in [2.24, 2.45) is 0 Å². The summed E-state index contributed by atoms with van der Waals surface area (Å²) in [6, 6.07) is -0.115. The van der Waals surface area contributed by atoms with Gasteiger partial charge >= 0.3 is 0 Å². The number of hydrogen-bond donors (Lipinski definition) is 2. The van der Waals surface area contributed by atoms with E-state index in [0.29, 0.717) is 4.75 Å². The summed E-state index contributed by atoms with van der Waals surface area (Å²) in [5.74, 6) is 0.112. The van der Waals surface area contributed by atoms with Crippen molar-refractivity contribution in [3.05, 3.63) is 0 Å². The number of hydrogen-bond acceptors (Lipinski definition) is 3. The summed E-state index contributed by atoms with van der Waals surface area (Å²) >= 11 is 1.96. The van der Waals surface area contributed by atoms with Crippen LogP contribution in [-0.4, -0.2) is 35.0 Å². The Morgan fingerprint density at radius 1 is 1.37 bits per heavy atom. The fourth-order valence-electron chi connectivity index (χ4n) is 2.43. The van der Waals surface area contributed by atoms with E-state index in [4.69, 9.17) is 0 Å². The number of nitrogens with one attached hydrogen (secondary N) is 2. The van der Waals surface area contributed by atoms with Crippen molar-refractivity contribution >= 4 is 17.7 Å². The first-order valence-electron chi connectivity index (χ1n) is 7.45. The lowest BCUT2D eigenvalue weighted by molar-refractivity contribution is -0.124. The zero-order valence-corrected chi connectivity index (χ0v) is 14.0. The molecule has 4 heteroatoms. The van der Waals surface area contributed by atoms with Crippen LogP contribution in [0.3, 0.4) is 0 Å². The molecule has 0 radical (unpaired) electrons. The molecule has 0 aromatic carbocycles. The van der Waals surface area contributed by atoms with Gasteiger partial charge in [-0.05, 0) is 46.3 Å². The molecule has 0 bridgehead atoms. The number of rotatable bonds is 7. The Balaban J connectivity index is 2.42. The van der Waals surface area contributed by atoms with Gasteiger partial charge in [0.15, 0.2) is 0 Å². The largest absolute Gasteiger partial charge is 0.350 e. The number of carbonyl (C=O) groups excluding carboxylic acids is 1. The molecule has 0 saturated heterocycles. The van der Waals surface area contributed by atoms with E-state index in [1.54, 1.807) is 0 Å². The normalized spacial score (nSPS) is 20.3. The summed E-state index contributed by atoms with van der Waals surface area (Å²) in [6.45, 7) is 9.13. The lowest BCUT2D eigenvalue weighted by Gasteiger charge is -2.30. The highest BCUT2D eigenvalue weighted by Crippen LogP contribution is 2.39. The second-order valence-corrected chi connectivity index (χ2v) is 7.70. The molecule has 1 aliphatic carbocycles. The molecule has 3 nitrogen and oxygen atoms in total. The molecular weight excluding hydrogens is 256 g/mol. The molecule has 0 spiro atoms. The monoisotopic (exact) mass is 286 g/mol. The van der Waals surface area contributed by atoms with Crippen LogP contribution in [0.2, 0.25) is 0 Å². The van der Waals surface area contributed by atoms with Crippen LogP contribution in [0.4, 0.5) is 0 Å². The molecule has 0 aromatic rings. The molecule has 1 rings (SSSR count). The smallest absolute Gasteiger partial charge is 0.237 e. The van der Waals surface area contributed by atoms with Crippen LogP contribution in [-0.2, 0) is 4.79 Å². The van der Waals surface area contributed by atoms with Crippen molar-refractivity contribution in [3.8, 4) is 0 Å². The fourth-order valence-corrected chi connectivity index (χ4v) is 3.36. The second-order valence-electron chi connectivity index (χ2n) is 6.42. The minimum Gasteiger partial charge on any atom is -0.350 e. The third kappa shape index (κ3) is 4.99. The highest BCUT2D eigenvalue weighted by Gasteiger charge is 2.33. The van der Waals surface area contributed by atoms with Gasteiger partial charge in [0.05, 0.1) is 6.04 Å². The summed E-state index contributed by atoms with van der Waals surface area (Å²) in [4.78, 5) is 12.1. The highest BCUT2D eigenvalue weighted by molar-refractivity contribution is 8.00. The molecule has 1 unspecified atom stereocenters. The minimum absolute atomic E-state index is 0.112. The molecule has 1 atom stereocenters. The van der Waals surface area contributed by atoms with Gasteiger partial charge in [-0.25, -0.2) is 0 Å². The van der Waals surface area contributed by atoms with Gasteiger partial charge in [-0.15, -0.1) is 0 Å². The highest BCUT2D eigenvalue weighted by atomic mass is 32.2. The summed E-state index contributed by atoms with van der Waals surface area (Å²) in [7, 11) is 0. The van der Waals surface area contributed by atoms with Gasteiger partial charge in [0.25, 0.3) is 0 Å². The first-order chi connectivity index (χ1) is 8.84. The number of amides is 1. The van der Waals surface area contributed by atoms with E-state index in [-0.39, 0.29) is 17.5 Å². The zero-order valence-electron chi connectivity index (χ0n) is 13.1. The standard InChI is InChI=1S/C15H30N2OS/c1-6-14(3,4)17-13(18)12(2)16-11-15(19-5)9-7-8-10-15/h12,16H,6-11H2,1-5H3,(H,17,18). The maximum absolute atomic E-state index is 12.1. The number of thioether (sulfide) groups is 1. The molecule has 19 heavy (non-hydrogen) atoms. The van der Waals surface area contributed by atoms with E-state index in [2.05, 4.69) is 37.7 Å². The molecule has 2 N–H and O–H groups in total. The van der Waals surface area contributed by atoms with Gasteiger partial charge in [0, 0.05) is 16.8 Å². The summed E-state index contributed by atoms with van der Waals surface area (Å²) in [6.07, 6.45) is 8.34. The van der Waals surface area contributed by atoms with Gasteiger partial charge in [-0.1, -0.05) is 19.8 Å². The maximum Gasteiger partial charge on any atom is 0.237 e. The lowest BCUT2D eigenvalue weighted by Crippen LogP contribution is -2.52. The summed E-state index contributed by atoms with van der Waals surface area (Å²) in [5, 5.41) is 6.53. The molecule has 0 heterocycles. The van der Waals surface area contributed by atoms with Crippen LogP contribution < -0.4 is 10.6 Å². The molecule has 112 valence electrons. The first kappa shape index (κ1) is 16.8. The SMILES string of the molecule is CCC(C)(C)NC(=O)C(C)NCC1(SC)CCCC1. The summed E-state index contributed by atoms with van der Waals surface area (Å²) < 4.78 is 0.356. The lowest BCUT2D eigenvalue weighted by atomic mass is 10.0. The topological polar surface area (TPSA) is 41.1 Å². The van der Waals surface area contributed by atoms with Crippen molar-refractivity contribution in [2.75, 3.05) is 12.8 Å². The Hall–Kier alpha value is -0.220. The van der Waals surface area contributed by atoms with Crippen LogP contribution >= 0.6 is 11.8 Å². The fraction of sp³-hybridized carbons (Fsp3) is 0.933. The van der Waals surface area contributed by atoms with E-state index in [1.807, 2.05) is 18.7 Å². The van der Waals surface area contributed by atoms with Gasteiger partial charge in [0.2, 0.25) is 5.91 Å². The Morgan fingerprint density at radius 2 is 1.95 bits per heavy atom. The molecule has 1 aliphatic rings. The second kappa shape index (κ2) is 6.98. The van der Waals surface area contributed by atoms with E-state index in [1.165, 1.54) is 25.7 Å². The predicted octanol–water partition coefficient (Wildman–Crippen LogP) is 2.95. The molecule has 1 saturated carbocycles. The molecule has 0 aliphatic heterocycles. The predicted molar refractivity (Wildman–Crippen MR) is 84.7 cm³/mol. The zero-order chi connectivity index (χ0) is 14.5. The number of carbonyl (C=O) groups is 1. The van der Waals surface area contributed by atoms with Crippen molar-refractivity contribution in [3.63, 3.8) is 0 Å². The molecule has 1 fully saturated rings. The Bertz CT molecular complexity index is 299. The van der Waals surface area contributed by atoms with Crippen LogP contribution in [0.25, 0.3) is 0 Å². The molecule has 0 aromatic heterocycles. The van der Waals surface area contributed by atoms with Crippen LogP contribution in [0, 0.1) is 0 Å². The maximum atomic E-state index is 12.1. The third-order valence-electron chi connectivity index (χ3n) is 4.42. The van der Waals surface area contributed by atoms with Crippen molar-refractivity contribution in [1.29, 1.82) is 0 Å². The Kier molecular flexibility index (Phi) is 6.18. The van der Waals surface area contributed by atoms with Crippen LogP contribution in [0.5, 0.6) is 0 Å². The third-order valence-corrected chi connectivity index (χ3v) is 5.84. The van der Waals surface area contributed by atoms with Gasteiger partial charge < -0.3 is 10.6 Å². The van der Waals surface area contributed by atoms with Crippen LogP contribution in [0.1, 0.15) is 59.8 Å². The first-order valence-corrected chi connectivity index (χ1v) is 8.67. The quantitative estimate of drug-likeness (QED) is 0.756. The van der Waals surface area contributed by atoms with Gasteiger partial charge in [-0.2, -0.15) is 11.8 Å². The molecule has 1 amide bonds. The van der Waals surface area contributed by atoms with Crippen molar-refractivity contribution < 1.29 is 4.79 Å². The van der Waals surface area contributed by atoms with Crippen molar-refractivity contribution in [2.45, 2.75) is 76.1 Å². The van der Waals surface area contributed by atoms with Crippen LogP contribution in [0.15, 0.2) is 0 Å². The molecular formula is C15H30N2OS. The van der Waals surface area contributed by atoms with E-state index in [9.17, 15) is 4.79 Å². The van der Waals surface area contributed by atoms with Crippen molar-refractivity contribution in [1.82, 2.24) is 10.6 Å². The van der Waals surface area contributed by atoms with E-state index in [0.717, 1.165) is 13.0 Å². The summed E-state index contributed by atoms with van der Waals surface area (Å²) in [5.41, 5.74) is -0.114. The average Bonchev–Trinajstić information content (AvgIpc) is 2.85. The van der Waals surface area contributed by atoms with Gasteiger partial charge in [-0.3, -0.25) is 4.79 Å². The minimum atomic E-state index is -0.115. The average molecular weight is 286 g/mol.